The number of rotatable bonds is 5. The van der Waals surface area contributed by atoms with Crippen molar-refractivity contribution in [3.05, 3.63) is 47.5 Å². The minimum atomic E-state index is -0.0801. The number of aromatic hydroxyl groups is 1. The van der Waals surface area contributed by atoms with Crippen LogP contribution in [0, 0.1) is 0 Å². The first-order valence-corrected chi connectivity index (χ1v) is 7.98. The maximum atomic E-state index is 10.0. The molecule has 0 fully saturated rings. The molecule has 126 valence electrons. The second-order valence-corrected chi connectivity index (χ2v) is 5.73. The summed E-state index contributed by atoms with van der Waals surface area (Å²) in [6.07, 6.45) is 1.28. The highest BCUT2D eigenvalue weighted by Crippen LogP contribution is 2.42. The van der Waals surface area contributed by atoms with Gasteiger partial charge in [0, 0.05) is 11.5 Å². The number of esters is 1. The van der Waals surface area contributed by atoms with Crippen LogP contribution in [0.4, 0.5) is 0 Å². The molecule has 0 radical (unpaired) electrons. The van der Waals surface area contributed by atoms with Crippen LogP contribution in [0.5, 0.6) is 23.0 Å². The van der Waals surface area contributed by atoms with Gasteiger partial charge < -0.3 is 19.4 Å². The smallest absolute Gasteiger partial charge is 0.489 e. The van der Waals surface area contributed by atoms with E-state index in [1.54, 1.807) is 18.2 Å². The molecule has 0 unspecified atom stereocenters. The van der Waals surface area contributed by atoms with E-state index >= 15 is 0 Å². The van der Waals surface area contributed by atoms with Gasteiger partial charge in [-0.1, -0.05) is 13.0 Å². The van der Waals surface area contributed by atoms with Gasteiger partial charge in [0.15, 0.2) is 11.5 Å². The Kier molecular flexibility index (Phi) is 4.60. The number of methoxy groups -OCH3 is 1. The van der Waals surface area contributed by atoms with Gasteiger partial charge in [-0.05, 0) is 36.2 Å². The molecule has 24 heavy (non-hydrogen) atoms. The predicted octanol–water partition coefficient (Wildman–Crippen LogP) is 3.61. The van der Waals surface area contributed by atoms with Gasteiger partial charge in [0.1, 0.15) is 12.2 Å². The number of carbonyl (C=O) groups excluding carboxylic acids is 1. The molecule has 0 saturated heterocycles. The second kappa shape index (κ2) is 6.83. The fourth-order valence-corrected chi connectivity index (χ4v) is 2.86. The van der Waals surface area contributed by atoms with Gasteiger partial charge in [0.25, 0.3) is 5.75 Å². The zero-order valence-corrected chi connectivity index (χ0v) is 13.8. The van der Waals surface area contributed by atoms with Crippen LogP contribution in [0.3, 0.4) is 0 Å². The minimum absolute atomic E-state index is 0.0350. The Morgan fingerprint density at radius 3 is 2.83 bits per heavy atom. The molecule has 1 atom stereocenters. The van der Waals surface area contributed by atoms with E-state index in [9.17, 15) is 9.90 Å². The monoisotopic (exact) mass is 329 g/mol. The Hall–Kier alpha value is -2.69. The highest BCUT2D eigenvalue weighted by molar-refractivity contribution is 5.79. The zero-order valence-electron chi connectivity index (χ0n) is 13.8. The summed E-state index contributed by atoms with van der Waals surface area (Å²) in [4.78, 5) is 10.0. The Labute approximate surface area is 140 Å². The predicted molar refractivity (Wildman–Crippen MR) is 90.9 cm³/mol. The van der Waals surface area contributed by atoms with Crippen LogP contribution in [-0.2, 0) is 0 Å². The molecule has 1 heterocycles. The van der Waals surface area contributed by atoms with Crippen molar-refractivity contribution in [1.82, 2.24) is 0 Å². The highest BCUT2D eigenvalue weighted by atomic mass is 16.5. The SMILES string of the molecule is CCCOc1ccc2c(c1)OC(=[OH+])C[C@H]2c1ccc(O)c(OC)c1. The number of hydrogen-bond acceptors (Lipinski definition) is 4. The summed E-state index contributed by atoms with van der Waals surface area (Å²) < 4.78 is 16.3. The van der Waals surface area contributed by atoms with E-state index in [0.717, 1.165) is 17.5 Å². The summed E-state index contributed by atoms with van der Waals surface area (Å²) in [5.74, 6) is 1.68. The van der Waals surface area contributed by atoms with E-state index in [4.69, 9.17) is 14.2 Å². The molecule has 3 rings (SSSR count). The molecule has 0 amide bonds. The van der Waals surface area contributed by atoms with E-state index in [-0.39, 0.29) is 17.6 Å². The van der Waals surface area contributed by atoms with E-state index in [1.165, 1.54) is 7.11 Å². The lowest BCUT2D eigenvalue weighted by Gasteiger charge is -2.21. The zero-order chi connectivity index (χ0) is 17.1. The Morgan fingerprint density at radius 1 is 1.25 bits per heavy atom. The van der Waals surface area contributed by atoms with E-state index < -0.39 is 0 Å². The van der Waals surface area contributed by atoms with Crippen molar-refractivity contribution >= 4 is 5.97 Å². The number of fused-ring (bicyclic) bond motifs is 1. The molecular formula is C19H21O5+. The molecule has 1 aliphatic heterocycles. The average Bonchev–Trinajstić information content (AvgIpc) is 2.59. The lowest BCUT2D eigenvalue weighted by Crippen LogP contribution is -2.21. The molecular weight excluding hydrogens is 308 g/mol. The molecule has 5 nitrogen and oxygen atoms in total. The summed E-state index contributed by atoms with van der Waals surface area (Å²) in [5, 5.41) is 9.78. The molecule has 2 aromatic carbocycles. The van der Waals surface area contributed by atoms with Crippen molar-refractivity contribution in [2.75, 3.05) is 13.7 Å². The Bertz CT molecular complexity index is 753. The first kappa shape index (κ1) is 16.2. The third-order valence-corrected chi connectivity index (χ3v) is 4.05. The molecule has 5 heteroatoms. The summed E-state index contributed by atoms with van der Waals surface area (Å²) in [6.45, 7) is 2.68. The van der Waals surface area contributed by atoms with Gasteiger partial charge in [-0.3, -0.25) is 4.74 Å². The quantitative estimate of drug-likeness (QED) is 0.517. The van der Waals surface area contributed by atoms with Gasteiger partial charge in [-0.15, -0.1) is 0 Å². The summed E-state index contributed by atoms with van der Waals surface area (Å²) in [5.41, 5.74) is 1.90. The van der Waals surface area contributed by atoms with Gasteiger partial charge in [-0.25, -0.2) is 0 Å². The average molecular weight is 329 g/mol. The fraction of sp³-hybridized carbons (Fsp3) is 0.316. The van der Waals surface area contributed by atoms with Gasteiger partial charge in [-0.2, -0.15) is 0 Å². The lowest BCUT2D eigenvalue weighted by atomic mass is 9.86. The van der Waals surface area contributed by atoms with Crippen molar-refractivity contribution in [2.24, 2.45) is 0 Å². The Morgan fingerprint density at radius 2 is 2.08 bits per heavy atom. The van der Waals surface area contributed by atoms with Crippen molar-refractivity contribution < 1.29 is 24.1 Å². The second-order valence-electron chi connectivity index (χ2n) is 5.73. The standard InChI is InChI=1S/C19H20O5/c1-3-8-23-13-5-6-14-15(11-19(21)24-17(14)10-13)12-4-7-16(20)18(9-12)22-2/h4-7,9-10,15,20H,3,8,11H2,1-2H3/p+1/t15-/m0/s1. The number of hydrogen-bond donors (Lipinski definition) is 1. The number of benzene rings is 2. The van der Waals surface area contributed by atoms with Gasteiger partial charge in [0.2, 0.25) is 0 Å². The van der Waals surface area contributed by atoms with E-state index in [2.05, 4.69) is 0 Å². The molecule has 0 aromatic heterocycles. The first-order chi connectivity index (χ1) is 11.6. The summed E-state index contributed by atoms with van der Waals surface area (Å²) >= 11 is 0. The lowest BCUT2D eigenvalue weighted by molar-refractivity contribution is 0.315. The largest absolute Gasteiger partial charge is 0.504 e. The van der Waals surface area contributed by atoms with Crippen LogP contribution >= 0.6 is 0 Å². The number of phenolic OH excluding ortho intramolecular Hbond substituents is 1. The van der Waals surface area contributed by atoms with Crippen LogP contribution in [0.2, 0.25) is 0 Å². The topological polar surface area (TPSA) is 69.3 Å². The van der Waals surface area contributed by atoms with Crippen LogP contribution in [0.15, 0.2) is 36.4 Å². The molecule has 0 bridgehead atoms. The third-order valence-electron chi connectivity index (χ3n) is 4.05. The maximum Gasteiger partial charge on any atom is 0.489 e. The molecule has 0 saturated carbocycles. The van der Waals surface area contributed by atoms with Crippen molar-refractivity contribution in [1.29, 1.82) is 0 Å². The molecule has 2 aromatic rings. The highest BCUT2D eigenvalue weighted by Gasteiger charge is 2.35. The molecule has 0 aliphatic carbocycles. The fourth-order valence-electron chi connectivity index (χ4n) is 2.86. The number of phenols is 1. The molecule has 1 aliphatic rings. The summed E-state index contributed by atoms with van der Waals surface area (Å²) in [6, 6.07) is 10.9. The first-order valence-electron chi connectivity index (χ1n) is 7.98. The third kappa shape index (κ3) is 3.15. The van der Waals surface area contributed by atoms with Crippen LogP contribution in [-0.4, -0.2) is 29.6 Å². The number of ether oxygens (including phenoxy) is 3. The summed E-state index contributed by atoms with van der Waals surface area (Å²) in [7, 11) is 1.51. The Balaban J connectivity index is 1.98. The maximum absolute atomic E-state index is 10.0. The van der Waals surface area contributed by atoms with Crippen LogP contribution in [0.25, 0.3) is 0 Å². The van der Waals surface area contributed by atoms with E-state index in [0.29, 0.717) is 30.3 Å². The van der Waals surface area contributed by atoms with Gasteiger partial charge >= 0.3 is 5.97 Å². The van der Waals surface area contributed by atoms with E-state index in [1.807, 2.05) is 25.1 Å². The van der Waals surface area contributed by atoms with Gasteiger partial charge in [0.05, 0.1) is 19.8 Å². The molecule has 2 N–H and O–H groups in total. The van der Waals surface area contributed by atoms with Crippen LogP contribution in [0.1, 0.15) is 36.8 Å². The minimum Gasteiger partial charge on any atom is -0.504 e. The van der Waals surface area contributed by atoms with Crippen molar-refractivity contribution in [3.63, 3.8) is 0 Å². The van der Waals surface area contributed by atoms with Crippen molar-refractivity contribution in [2.45, 2.75) is 25.7 Å². The molecule has 0 spiro atoms. The van der Waals surface area contributed by atoms with Crippen LogP contribution < -0.4 is 14.2 Å². The van der Waals surface area contributed by atoms with Crippen molar-refractivity contribution in [3.8, 4) is 23.0 Å². The normalized spacial score (nSPS) is 16.2.